The topological polar surface area (TPSA) is 24.9 Å². The van der Waals surface area contributed by atoms with E-state index in [0.29, 0.717) is 5.02 Å². The average Bonchev–Trinajstić information content (AvgIpc) is 2.39. The van der Waals surface area contributed by atoms with Gasteiger partial charge in [-0.3, -0.25) is 4.98 Å². The number of halogens is 2. The van der Waals surface area contributed by atoms with Crippen LogP contribution in [0.4, 0.5) is 0 Å². The molecule has 1 heterocycles. The van der Waals surface area contributed by atoms with Crippen molar-refractivity contribution >= 4 is 23.2 Å². The van der Waals surface area contributed by atoms with Crippen molar-refractivity contribution in [3.63, 3.8) is 0 Å². The van der Waals surface area contributed by atoms with Crippen LogP contribution in [-0.2, 0) is 6.42 Å². The fourth-order valence-corrected chi connectivity index (χ4v) is 2.80. The molecule has 0 aliphatic heterocycles. The summed E-state index contributed by atoms with van der Waals surface area (Å²) in [6.45, 7) is 5.04. The van der Waals surface area contributed by atoms with Crippen LogP contribution in [0.25, 0.3) is 0 Å². The molecule has 4 heteroatoms. The molecule has 2 nitrogen and oxygen atoms in total. The number of rotatable bonds is 5. The molecule has 20 heavy (non-hydrogen) atoms. The zero-order chi connectivity index (χ0) is 14.5. The third-order valence-electron chi connectivity index (χ3n) is 3.20. The fraction of sp³-hybridized carbons (Fsp3) is 0.312. The van der Waals surface area contributed by atoms with Crippen molar-refractivity contribution in [1.29, 1.82) is 0 Å². The molecule has 0 radical (unpaired) electrons. The highest BCUT2D eigenvalue weighted by molar-refractivity contribution is 6.31. The summed E-state index contributed by atoms with van der Waals surface area (Å²) in [6, 6.07) is 8.29. The summed E-state index contributed by atoms with van der Waals surface area (Å²) in [5.41, 5.74) is 3.44. The lowest BCUT2D eigenvalue weighted by atomic mass is 9.98. The molecule has 106 valence electrons. The summed E-state index contributed by atoms with van der Waals surface area (Å²) in [6.07, 6.45) is 4.27. The molecule has 2 aromatic rings. The summed E-state index contributed by atoms with van der Waals surface area (Å²) < 4.78 is 0. The normalized spacial score (nSPS) is 12.4. The molecule has 1 atom stereocenters. The van der Waals surface area contributed by atoms with Crippen LogP contribution in [0.5, 0.6) is 0 Å². The first-order chi connectivity index (χ1) is 9.60. The summed E-state index contributed by atoms with van der Waals surface area (Å²) in [5, 5.41) is 4.96. The monoisotopic (exact) mass is 308 g/mol. The molecule has 2 rings (SSSR count). The van der Waals surface area contributed by atoms with Gasteiger partial charge < -0.3 is 5.32 Å². The number of aromatic nitrogens is 1. The lowest BCUT2D eigenvalue weighted by Gasteiger charge is -2.20. The van der Waals surface area contributed by atoms with E-state index in [9.17, 15) is 0 Å². The Morgan fingerprint density at radius 1 is 1.25 bits per heavy atom. The second-order valence-corrected chi connectivity index (χ2v) is 5.69. The molecule has 0 fully saturated rings. The first-order valence-electron chi connectivity index (χ1n) is 6.69. The third-order valence-corrected chi connectivity index (χ3v) is 3.76. The van der Waals surface area contributed by atoms with E-state index >= 15 is 0 Å². The predicted octanol–water partition coefficient (Wildman–Crippen LogP) is 4.59. The Morgan fingerprint density at radius 2 is 2.05 bits per heavy atom. The number of nitrogens with zero attached hydrogens (tertiary/aromatic N) is 1. The average molecular weight is 309 g/mol. The van der Waals surface area contributed by atoms with Gasteiger partial charge in [-0.2, -0.15) is 0 Å². The van der Waals surface area contributed by atoms with Crippen molar-refractivity contribution in [3.05, 3.63) is 63.4 Å². The van der Waals surface area contributed by atoms with Crippen molar-refractivity contribution in [3.8, 4) is 0 Å². The van der Waals surface area contributed by atoms with Crippen molar-refractivity contribution in [2.24, 2.45) is 0 Å². The first kappa shape index (κ1) is 15.3. The van der Waals surface area contributed by atoms with Crippen molar-refractivity contribution in [2.75, 3.05) is 6.54 Å². The molecule has 0 aliphatic rings. The van der Waals surface area contributed by atoms with Gasteiger partial charge in [-0.1, -0.05) is 36.2 Å². The minimum absolute atomic E-state index is 0.192. The Kier molecular flexibility index (Phi) is 5.41. The zero-order valence-corrected chi connectivity index (χ0v) is 13.2. The van der Waals surface area contributed by atoms with Crippen LogP contribution < -0.4 is 5.32 Å². The van der Waals surface area contributed by atoms with E-state index in [1.54, 1.807) is 12.4 Å². The lowest BCUT2D eigenvalue weighted by molar-refractivity contribution is 0.549. The van der Waals surface area contributed by atoms with Gasteiger partial charge in [0.15, 0.2) is 0 Å². The van der Waals surface area contributed by atoms with Gasteiger partial charge in [-0.15, -0.1) is 0 Å². The van der Waals surface area contributed by atoms with E-state index in [4.69, 9.17) is 23.2 Å². The van der Waals surface area contributed by atoms with Crippen molar-refractivity contribution in [1.82, 2.24) is 10.3 Å². The number of aryl methyl sites for hydroxylation is 1. The van der Waals surface area contributed by atoms with Gasteiger partial charge in [0, 0.05) is 23.5 Å². The van der Waals surface area contributed by atoms with E-state index in [1.165, 1.54) is 5.56 Å². The number of nitrogens with one attached hydrogen (secondary N) is 1. The third kappa shape index (κ3) is 3.95. The van der Waals surface area contributed by atoms with Gasteiger partial charge in [0.1, 0.15) is 0 Å². The summed E-state index contributed by atoms with van der Waals surface area (Å²) in [5.74, 6) is 0. The van der Waals surface area contributed by atoms with E-state index < -0.39 is 0 Å². The number of pyridine rings is 1. The largest absolute Gasteiger partial charge is 0.310 e. The van der Waals surface area contributed by atoms with Crippen LogP contribution in [0.2, 0.25) is 10.0 Å². The minimum Gasteiger partial charge on any atom is -0.310 e. The number of hydrogen-bond acceptors (Lipinski definition) is 2. The van der Waals surface area contributed by atoms with Crippen LogP contribution in [0.1, 0.15) is 29.7 Å². The Labute approximate surface area is 130 Å². The Hall–Kier alpha value is -1.09. The van der Waals surface area contributed by atoms with E-state index in [1.807, 2.05) is 18.2 Å². The van der Waals surface area contributed by atoms with Crippen LogP contribution in [0, 0.1) is 6.92 Å². The molecule has 1 aromatic carbocycles. The molecule has 0 aliphatic carbocycles. The van der Waals surface area contributed by atoms with E-state index in [0.717, 1.165) is 29.1 Å². The van der Waals surface area contributed by atoms with Gasteiger partial charge in [0.05, 0.1) is 5.02 Å². The molecule has 0 saturated heterocycles. The highest BCUT2D eigenvalue weighted by atomic mass is 35.5. The Balaban J connectivity index is 2.29. The molecule has 0 amide bonds. The quantitative estimate of drug-likeness (QED) is 0.874. The Morgan fingerprint density at radius 3 is 2.70 bits per heavy atom. The van der Waals surface area contributed by atoms with Gasteiger partial charge in [0.2, 0.25) is 0 Å². The van der Waals surface area contributed by atoms with Crippen LogP contribution >= 0.6 is 23.2 Å². The summed E-state index contributed by atoms with van der Waals surface area (Å²) >= 11 is 12.4. The van der Waals surface area contributed by atoms with Crippen LogP contribution in [0.3, 0.4) is 0 Å². The fourth-order valence-electron chi connectivity index (χ4n) is 2.31. The van der Waals surface area contributed by atoms with E-state index in [2.05, 4.69) is 30.2 Å². The highest BCUT2D eigenvalue weighted by Crippen LogP contribution is 2.25. The standard InChI is InChI=1S/C16H18Cl2N2/c1-3-20-16(9-12-4-5-19-10-15(12)18)13-6-11(2)7-14(17)8-13/h4-8,10,16,20H,3,9H2,1-2H3. The molecule has 0 bridgehead atoms. The SMILES string of the molecule is CCNC(Cc1ccncc1Cl)c1cc(C)cc(Cl)c1. The van der Waals surface area contributed by atoms with Gasteiger partial charge in [-0.25, -0.2) is 0 Å². The number of hydrogen-bond donors (Lipinski definition) is 1. The molecule has 1 N–H and O–H groups in total. The van der Waals surface area contributed by atoms with Crippen LogP contribution in [-0.4, -0.2) is 11.5 Å². The highest BCUT2D eigenvalue weighted by Gasteiger charge is 2.14. The lowest BCUT2D eigenvalue weighted by Crippen LogP contribution is -2.23. The second kappa shape index (κ2) is 7.07. The molecule has 1 aromatic heterocycles. The predicted molar refractivity (Wildman–Crippen MR) is 85.6 cm³/mol. The second-order valence-electron chi connectivity index (χ2n) is 4.84. The number of benzene rings is 1. The number of likely N-dealkylation sites (N-methyl/N-ethyl adjacent to an activating group) is 1. The van der Waals surface area contributed by atoms with Gasteiger partial charge in [0.25, 0.3) is 0 Å². The molecule has 0 saturated carbocycles. The zero-order valence-electron chi connectivity index (χ0n) is 11.7. The smallest absolute Gasteiger partial charge is 0.0622 e. The molecular formula is C16H18Cl2N2. The molecule has 0 spiro atoms. The van der Waals surface area contributed by atoms with Crippen molar-refractivity contribution < 1.29 is 0 Å². The van der Waals surface area contributed by atoms with Gasteiger partial charge in [-0.05, 0) is 54.8 Å². The summed E-state index contributed by atoms with van der Waals surface area (Å²) in [4.78, 5) is 4.03. The van der Waals surface area contributed by atoms with Gasteiger partial charge >= 0.3 is 0 Å². The summed E-state index contributed by atoms with van der Waals surface area (Å²) in [7, 11) is 0. The molecule has 1 unspecified atom stereocenters. The first-order valence-corrected chi connectivity index (χ1v) is 7.44. The molecular weight excluding hydrogens is 291 g/mol. The Bertz CT molecular complexity index is 564. The van der Waals surface area contributed by atoms with Crippen LogP contribution in [0.15, 0.2) is 36.7 Å². The maximum atomic E-state index is 6.20. The van der Waals surface area contributed by atoms with E-state index in [-0.39, 0.29) is 6.04 Å². The minimum atomic E-state index is 0.192. The maximum absolute atomic E-state index is 6.20. The van der Waals surface area contributed by atoms with Crippen molar-refractivity contribution in [2.45, 2.75) is 26.3 Å². The maximum Gasteiger partial charge on any atom is 0.0622 e.